The van der Waals surface area contributed by atoms with Crippen molar-refractivity contribution in [1.82, 2.24) is 5.32 Å². The first-order chi connectivity index (χ1) is 16.8. The Morgan fingerprint density at radius 2 is 1.18 bits per heavy atom. The Labute approximate surface area is 200 Å². The molecular formula is C32H27NO. The van der Waals surface area contributed by atoms with Gasteiger partial charge in [0.05, 0.1) is 0 Å². The Hall–Kier alpha value is -4.17. The van der Waals surface area contributed by atoms with Crippen molar-refractivity contribution in [3.05, 3.63) is 144 Å². The SMILES string of the molecule is O=C(CC(c1ccccc1)c1ccccc1)NCc1ccc2ccccc2c1-c1ccccc1. The largest absolute Gasteiger partial charge is 0.352 e. The van der Waals surface area contributed by atoms with Gasteiger partial charge < -0.3 is 5.32 Å². The molecule has 0 atom stereocenters. The molecule has 5 aromatic rings. The van der Waals surface area contributed by atoms with Crippen molar-refractivity contribution < 1.29 is 4.79 Å². The molecule has 1 N–H and O–H groups in total. The number of carbonyl (C=O) groups is 1. The van der Waals surface area contributed by atoms with Gasteiger partial charge in [-0.05, 0) is 38.6 Å². The number of nitrogens with one attached hydrogen (secondary N) is 1. The maximum absolute atomic E-state index is 13.2. The van der Waals surface area contributed by atoms with E-state index in [0.29, 0.717) is 13.0 Å². The highest BCUT2D eigenvalue weighted by Gasteiger charge is 2.18. The molecule has 0 aliphatic rings. The third kappa shape index (κ3) is 4.77. The summed E-state index contributed by atoms with van der Waals surface area (Å²) in [6.45, 7) is 0.490. The van der Waals surface area contributed by atoms with E-state index >= 15 is 0 Å². The third-order valence-electron chi connectivity index (χ3n) is 6.35. The molecule has 0 heterocycles. The quantitative estimate of drug-likeness (QED) is 0.281. The Balaban J connectivity index is 1.41. The molecule has 0 saturated carbocycles. The molecule has 5 aromatic carbocycles. The second-order valence-electron chi connectivity index (χ2n) is 8.54. The van der Waals surface area contributed by atoms with E-state index in [-0.39, 0.29) is 11.8 Å². The summed E-state index contributed by atoms with van der Waals surface area (Å²) in [5.74, 6) is 0.0671. The normalized spacial score (nSPS) is 11.0. The first-order valence-electron chi connectivity index (χ1n) is 11.7. The van der Waals surface area contributed by atoms with E-state index in [4.69, 9.17) is 0 Å². The monoisotopic (exact) mass is 441 g/mol. The zero-order chi connectivity index (χ0) is 23.2. The fraction of sp³-hybridized carbons (Fsp3) is 0.0938. The maximum Gasteiger partial charge on any atom is 0.221 e. The average Bonchev–Trinajstić information content (AvgIpc) is 2.91. The highest BCUT2D eigenvalue weighted by molar-refractivity contribution is 5.98. The van der Waals surface area contributed by atoms with Crippen LogP contribution in [0.4, 0.5) is 0 Å². The molecule has 2 heteroatoms. The van der Waals surface area contributed by atoms with Gasteiger partial charge in [-0.1, -0.05) is 127 Å². The van der Waals surface area contributed by atoms with E-state index in [1.807, 2.05) is 42.5 Å². The number of carbonyl (C=O) groups excluding carboxylic acids is 1. The fourth-order valence-electron chi connectivity index (χ4n) is 4.66. The number of benzene rings is 5. The average molecular weight is 442 g/mol. The molecule has 166 valence electrons. The van der Waals surface area contributed by atoms with Gasteiger partial charge in [0.25, 0.3) is 0 Å². The van der Waals surface area contributed by atoms with Crippen molar-refractivity contribution in [2.24, 2.45) is 0 Å². The van der Waals surface area contributed by atoms with Crippen molar-refractivity contribution in [3.63, 3.8) is 0 Å². The zero-order valence-corrected chi connectivity index (χ0v) is 19.0. The second-order valence-corrected chi connectivity index (χ2v) is 8.54. The van der Waals surface area contributed by atoms with Crippen LogP contribution in [0.15, 0.2) is 127 Å². The standard InChI is InChI=1S/C32H27NO/c34-31(22-30(24-12-4-1-5-13-24)25-14-6-2-7-15-25)33-23-28-21-20-26-16-10-11-19-29(26)32(28)27-17-8-3-9-18-27/h1-21,30H,22-23H2,(H,33,34). The van der Waals surface area contributed by atoms with Crippen LogP contribution in [0, 0.1) is 0 Å². The van der Waals surface area contributed by atoms with Gasteiger partial charge in [-0.3, -0.25) is 4.79 Å². The lowest BCUT2D eigenvalue weighted by molar-refractivity contribution is -0.121. The number of amides is 1. The van der Waals surface area contributed by atoms with E-state index in [0.717, 1.165) is 22.3 Å². The Morgan fingerprint density at radius 3 is 1.82 bits per heavy atom. The predicted octanol–water partition coefficient (Wildman–Crippen LogP) is 7.35. The van der Waals surface area contributed by atoms with Crippen LogP contribution in [0.1, 0.15) is 29.0 Å². The smallest absolute Gasteiger partial charge is 0.221 e. The second kappa shape index (κ2) is 10.2. The van der Waals surface area contributed by atoms with Crippen molar-refractivity contribution in [2.75, 3.05) is 0 Å². The molecule has 0 bridgehead atoms. The predicted molar refractivity (Wildman–Crippen MR) is 141 cm³/mol. The minimum Gasteiger partial charge on any atom is -0.352 e. The van der Waals surface area contributed by atoms with Crippen LogP contribution >= 0.6 is 0 Å². The third-order valence-corrected chi connectivity index (χ3v) is 6.35. The molecule has 2 nitrogen and oxygen atoms in total. The summed E-state index contributed by atoms with van der Waals surface area (Å²) in [7, 11) is 0. The van der Waals surface area contributed by atoms with Gasteiger partial charge in [0, 0.05) is 18.9 Å². The van der Waals surface area contributed by atoms with Crippen molar-refractivity contribution in [2.45, 2.75) is 18.9 Å². The molecule has 0 aliphatic heterocycles. The first-order valence-corrected chi connectivity index (χ1v) is 11.7. The summed E-state index contributed by atoms with van der Waals surface area (Å²) in [4.78, 5) is 13.2. The summed E-state index contributed by atoms with van der Waals surface area (Å²) in [5.41, 5.74) is 5.77. The number of hydrogen-bond donors (Lipinski definition) is 1. The minimum atomic E-state index is 0.0209. The van der Waals surface area contributed by atoms with Gasteiger partial charge in [-0.15, -0.1) is 0 Å². The number of rotatable bonds is 7. The Morgan fingerprint density at radius 1 is 0.618 bits per heavy atom. The Kier molecular flexibility index (Phi) is 6.49. The van der Waals surface area contributed by atoms with Crippen molar-refractivity contribution in [1.29, 1.82) is 0 Å². The molecule has 0 unspecified atom stereocenters. The lowest BCUT2D eigenvalue weighted by atomic mass is 9.88. The zero-order valence-electron chi connectivity index (χ0n) is 19.0. The van der Waals surface area contributed by atoms with Crippen LogP contribution in [0.3, 0.4) is 0 Å². The molecule has 0 saturated heterocycles. The van der Waals surface area contributed by atoms with Crippen molar-refractivity contribution >= 4 is 16.7 Å². The van der Waals surface area contributed by atoms with E-state index in [2.05, 4.69) is 90.2 Å². The minimum absolute atomic E-state index is 0.0209. The van der Waals surface area contributed by atoms with Gasteiger partial charge >= 0.3 is 0 Å². The molecule has 0 fully saturated rings. The van der Waals surface area contributed by atoms with E-state index < -0.39 is 0 Å². The highest BCUT2D eigenvalue weighted by atomic mass is 16.1. The van der Waals surface area contributed by atoms with E-state index in [1.165, 1.54) is 16.3 Å². The van der Waals surface area contributed by atoms with Crippen molar-refractivity contribution in [3.8, 4) is 11.1 Å². The highest BCUT2D eigenvalue weighted by Crippen LogP contribution is 2.32. The summed E-state index contributed by atoms with van der Waals surface area (Å²) in [5, 5.41) is 5.60. The summed E-state index contributed by atoms with van der Waals surface area (Å²) in [6.07, 6.45) is 0.405. The molecule has 1 amide bonds. The molecule has 0 spiro atoms. The first kappa shape index (κ1) is 21.7. The molecule has 0 aromatic heterocycles. The Bertz CT molecular complexity index is 1340. The molecule has 0 aliphatic carbocycles. The van der Waals surface area contributed by atoms with Gasteiger partial charge in [0.15, 0.2) is 0 Å². The summed E-state index contributed by atoms with van der Waals surface area (Å²) < 4.78 is 0. The van der Waals surface area contributed by atoms with Crippen LogP contribution in [0.5, 0.6) is 0 Å². The van der Waals surface area contributed by atoms with Gasteiger partial charge in [0.1, 0.15) is 0 Å². The van der Waals surface area contributed by atoms with Crippen LogP contribution in [-0.2, 0) is 11.3 Å². The van der Waals surface area contributed by atoms with E-state index in [9.17, 15) is 4.79 Å². The number of hydrogen-bond acceptors (Lipinski definition) is 1. The van der Waals surface area contributed by atoms with Gasteiger partial charge in [-0.25, -0.2) is 0 Å². The van der Waals surface area contributed by atoms with Gasteiger partial charge in [-0.2, -0.15) is 0 Å². The van der Waals surface area contributed by atoms with Crippen LogP contribution < -0.4 is 5.32 Å². The lowest BCUT2D eigenvalue weighted by Gasteiger charge is -2.19. The van der Waals surface area contributed by atoms with Crippen LogP contribution in [0.2, 0.25) is 0 Å². The topological polar surface area (TPSA) is 29.1 Å². The molecule has 34 heavy (non-hydrogen) atoms. The fourth-order valence-corrected chi connectivity index (χ4v) is 4.66. The maximum atomic E-state index is 13.2. The summed E-state index contributed by atoms with van der Waals surface area (Å²) in [6, 6.07) is 43.7. The molecular weight excluding hydrogens is 414 g/mol. The summed E-state index contributed by atoms with van der Waals surface area (Å²) >= 11 is 0. The molecule has 0 radical (unpaired) electrons. The molecule has 5 rings (SSSR count). The van der Waals surface area contributed by atoms with E-state index in [1.54, 1.807) is 0 Å². The number of fused-ring (bicyclic) bond motifs is 1. The van der Waals surface area contributed by atoms with Crippen LogP contribution in [0.25, 0.3) is 21.9 Å². The van der Waals surface area contributed by atoms with Gasteiger partial charge in [0.2, 0.25) is 5.91 Å². The van der Waals surface area contributed by atoms with Crippen LogP contribution in [-0.4, -0.2) is 5.91 Å². The lowest BCUT2D eigenvalue weighted by Crippen LogP contribution is -2.25.